The average molecular weight is 479 g/mol. The summed E-state index contributed by atoms with van der Waals surface area (Å²) in [7, 11) is 0. The minimum absolute atomic E-state index is 0.174. The van der Waals surface area contributed by atoms with Gasteiger partial charge < -0.3 is 10.1 Å². The zero-order valence-corrected chi connectivity index (χ0v) is 20.4. The van der Waals surface area contributed by atoms with Gasteiger partial charge in [0.15, 0.2) is 0 Å². The zero-order valence-electron chi connectivity index (χ0n) is 19.6. The first-order valence-electron chi connectivity index (χ1n) is 12.3. The van der Waals surface area contributed by atoms with Crippen molar-refractivity contribution in [1.29, 1.82) is 0 Å². The van der Waals surface area contributed by atoms with Gasteiger partial charge >= 0.3 is 0 Å². The molecule has 4 aliphatic rings. The lowest BCUT2D eigenvalue weighted by Crippen LogP contribution is -2.51. The molecule has 1 N–H and O–H groups in total. The minimum Gasteiger partial charge on any atom is -0.487 e. The number of hydrogen-bond acceptors (Lipinski definition) is 6. The maximum Gasteiger partial charge on any atom is 0.275 e. The van der Waals surface area contributed by atoms with Crippen molar-refractivity contribution in [3.8, 4) is 5.75 Å². The van der Waals surface area contributed by atoms with E-state index >= 15 is 0 Å². The highest BCUT2D eigenvalue weighted by Crippen LogP contribution is 2.60. The number of benzene rings is 1. The Balaban J connectivity index is 1.15. The third-order valence-electron chi connectivity index (χ3n) is 7.81. The first-order chi connectivity index (χ1) is 16.4. The fourth-order valence-electron chi connectivity index (χ4n) is 6.65. The Hall–Kier alpha value is -2.74. The third kappa shape index (κ3) is 3.91. The van der Waals surface area contributed by atoms with Gasteiger partial charge in [-0.25, -0.2) is 4.98 Å². The van der Waals surface area contributed by atoms with Crippen LogP contribution in [-0.2, 0) is 11.4 Å². The Labute approximate surface area is 202 Å². The van der Waals surface area contributed by atoms with Gasteiger partial charge in [0.1, 0.15) is 17.4 Å². The van der Waals surface area contributed by atoms with Crippen molar-refractivity contribution in [2.75, 3.05) is 5.32 Å². The molecule has 3 aromatic rings. The van der Waals surface area contributed by atoms with E-state index in [1.54, 1.807) is 0 Å². The molecule has 2 heterocycles. The van der Waals surface area contributed by atoms with Gasteiger partial charge in [-0.1, -0.05) is 31.3 Å². The van der Waals surface area contributed by atoms with E-state index < -0.39 is 0 Å². The molecule has 8 heteroatoms. The van der Waals surface area contributed by atoms with E-state index in [0.717, 1.165) is 47.7 Å². The largest absolute Gasteiger partial charge is 0.487 e. The van der Waals surface area contributed by atoms with Crippen LogP contribution >= 0.6 is 11.3 Å². The highest BCUT2D eigenvalue weighted by Gasteiger charge is 2.54. The van der Waals surface area contributed by atoms with Gasteiger partial charge in [-0.2, -0.15) is 9.61 Å². The van der Waals surface area contributed by atoms with Crippen molar-refractivity contribution in [2.45, 2.75) is 64.9 Å². The van der Waals surface area contributed by atoms with Gasteiger partial charge in [-0.3, -0.25) is 9.59 Å². The van der Waals surface area contributed by atoms with Crippen LogP contribution in [0, 0.1) is 23.2 Å². The molecule has 4 fully saturated rings. The molecule has 0 atom stereocenters. The predicted octanol–water partition coefficient (Wildman–Crippen LogP) is 5.01. The quantitative estimate of drug-likeness (QED) is 0.538. The molecule has 4 aliphatic carbocycles. The summed E-state index contributed by atoms with van der Waals surface area (Å²) < 4.78 is 7.30. The Morgan fingerprint density at radius 2 is 1.88 bits per heavy atom. The van der Waals surface area contributed by atoms with Crippen LogP contribution in [0.1, 0.15) is 69.0 Å². The van der Waals surface area contributed by atoms with Gasteiger partial charge in [0.25, 0.3) is 5.56 Å². The van der Waals surface area contributed by atoms with Crippen LogP contribution in [0.15, 0.2) is 35.1 Å². The molecule has 0 spiro atoms. The molecule has 2 aromatic heterocycles. The summed E-state index contributed by atoms with van der Waals surface area (Å²) in [4.78, 5) is 30.9. The molecule has 34 heavy (non-hydrogen) atoms. The fraction of sp³-hybridized carbons (Fsp3) is 0.538. The van der Waals surface area contributed by atoms with Crippen LogP contribution in [0.3, 0.4) is 0 Å². The van der Waals surface area contributed by atoms with Crippen molar-refractivity contribution >= 4 is 27.9 Å². The van der Waals surface area contributed by atoms with E-state index in [2.05, 4.69) is 15.4 Å². The smallest absolute Gasteiger partial charge is 0.275 e. The molecule has 0 radical (unpaired) electrons. The minimum atomic E-state index is -0.205. The molecule has 4 saturated carbocycles. The number of aromatic nitrogens is 3. The Bertz CT molecular complexity index is 1280. The van der Waals surface area contributed by atoms with Crippen molar-refractivity contribution < 1.29 is 9.53 Å². The molecule has 7 nitrogen and oxygen atoms in total. The second-order valence-electron chi connectivity index (χ2n) is 10.8. The molecule has 0 saturated heterocycles. The molecule has 7 rings (SSSR count). The highest BCUT2D eigenvalue weighted by atomic mass is 32.1. The van der Waals surface area contributed by atoms with E-state index in [9.17, 15) is 9.59 Å². The molecule has 0 aliphatic heterocycles. The Kier molecular flexibility index (Phi) is 5.24. The summed E-state index contributed by atoms with van der Waals surface area (Å²) in [5.74, 6) is 3.25. The van der Waals surface area contributed by atoms with Crippen LogP contribution < -0.4 is 15.6 Å². The van der Waals surface area contributed by atoms with Crippen LogP contribution in [0.25, 0.3) is 4.96 Å². The van der Waals surface area contributed by atoms with Gasteiger partial charge in [-0.05, 0) is 68.4 Å². The molecule has 0 unspecified atom stereocenters. The van der Waals surface area contributed by atoms with Gasteiger partial charge in [0.05, 0.1) is 11.1 Å². The summed E-state index contributed by atoms with van der Waals surface area (Å²) >= 11 is 1.43. The number of amides is 1. The van der Waals surface area contributed by atoms with Gasteiger partial charge in [0.2, 0.25) is 10.9 Å². The highest BCUT2D eigenvalue weighted by molar-refractivity contribution is 7.16. The summed E-state index contributed by atoms with van der Waals surface area (Å²) in [5, 5.41) is 8.43. The first kappa shape index (κ1) is 21.8. The lowest BCUT2D eigenvalue weighted by Gasteiger charge is -2.55. The number of rotatable bonds is 6. The van der Waals surface area contributed by atoms with E-state index in [1.807, 2.05) is 38.1 Å². The maximum atomic E-state index is 13.4. The first-order valence-corrected chi connectivity index (χ1v) is 13.1. The molecule has 1 amide bonds. The number of anilines is 1. The SMILES string of the molecule is CC(C)c1nn2c(=O)cc(COc3cccc(NC(=O)C45CC6CC(CC(C6)C4)C5)c3)nc2s1. The molecule has 178 valence electrons. The van der Waals surface area contributed by atoms with Crippen LogP contribution in [-0.4, -0.2) is 20.5 Å². The van der Waals surface area contributed by atoms with E-state index in [-0.39, 0.29) is 29.4 Å². The zero-order chi connectivity index (χ0) is 23.4. The average Bonchev–Trinajstić information content (AvgIpc) is 3.22. The standard InChI is InChI=1S/C26H30N4O3S/c1-15(2)23-29-30-22(31)10-20(28-25(30)34-23)14-33-21-5-3-4-19(9-21)27-24(32)26-11-16-6-17(12-26)8-18(7-16)13-26/h3-5,9-10,15-18H,6-8,11-14H2,1-2H3,(H,27,32). The lowest BCUT2D eigenvalue weighted by molar-refractivity contribution is -0.140. The summed E-state index contributed by atoms with van der Waals surface area (Å²) in [6.07, 6.45) is 7.08. The van der Waals surface area contributed by atoms with Crippen molar-refractivity contribution in [3.63, 3.8) is 0 Å². The Morgan fingerprint density at radius 1 is 1.18 bits per heavy atom. The van der Waals surface area contributed by atoms with E-state index in [4.69, 9.17) is 4.74 Å². The van der Waals surface area contributed by atoms with Gasteiger partial charge in [-0.15, -0.1) is 0 Å². The van der Waals surface area contributed by atoms with E-state index in [1.165, 1.54) is 41.2 Å². The number of nitrogens with one attached hydrogen (secondary N) is 1. The third-order valence-corrected chi connectivity index (χ3v) is 9.02. The molecule has 1 aromatic carbocycles. The summed E-state index contributed by atoms with van der Waals surface area (Å²) in [5.41, 5.74) is 0.928. The number of nitrogens with zero attached hydrogens (tertiary/aromatic N) is 3. The van der Waals surface area contributed by atoms with E-state index in [0.29, 0.717) is 16.4 Å². The predicted molar refractivity (Wildman–Crippen MR) is 131 cm³/mol. The van der Waals surface area contributed by atoms with Crippen molar-refractivity contribution in [2.24, 2.45) is 23.2 Å². The van der Waals surface area contributed by atoms with Crippen LogP contribution in [0.2, 0.25) is 0 Å². The lowest BCUT2D eigenvalue weighted by atomic mass is 9.49. The van der Waals surface area contributed by atoms with Crippen molar-refractivity contribution in [3.05, 3.63) is 51.4 Å². The monoisotopic (exact) mass is 478 g/mol. The van der Waals surface area contributed by atoms with Crippen LogP contribution in [0.5, 0.6) is 5.75 Å². The summed E-state index contributed by atoms with van der Waals surface area (Å²) in [6, 6.07) is 8.97. The fourth-order valence-corrected chi connectivity index (χ4v) is 7.58. The molecular formula is C26H30N4O3S. The van der Waals surface area contributed by atoms with Crippen molar-refractivity contribution in [1.82, 2.24) is 14.6 Å². The van der Waals surface area contributed by atoms with Gasteiger partial charge in [0, 0.05) is 23.7 Å². The van der Waals surface area contributed by atoms with Crippen LogP contribution in [0.4, 0.5) is 5.69 Å². The maximum absolute atomic E-state index is 13.4. The normalized spacial score (nSPS) is 27.4. The number of hydrogen-bond donors (Lipinski definition) is 1. The number of carbonyl (C=O) groups excluding carboxylic acids is 1. The summed E-state index contributed by atoms with van der Waals surface area (Å²) in [6.45, 7) is 4.26. The molecular weight excluding hydrogens is 448 g/mol. The topological polar surface area (TPSA) is 85.6 Å². The second kappa shape index (κ2) is 8.18. The second-order valence-corrected chi connectivity index (χ2v) is 11.8. The Morgan fingerprint density at radius 3 is 2.56 bits per heavy atom. The number of carbonyl (C=O) groups is 1. The number of ether oxygens (including phenoxy) is 1. The molecule has 4 bridgehead atoms. The number of fused-ring (bicyclic) bond motifs is 1.